The largest absolute Gasteiger partial charge is 0.482 e. The number of carbonyl (C=O) groups is 1. The number of ether oxygens (including phenoxy) is 2. The quantitative estimate of drug-likeness (QED) is 0.418. The van der Waals surface area contributed by atoms with Gasteiger partial charge < -0.3 is 9.47 Å². The number of hydrogen-bond donors (Lipinski definition) is 1. The Morgan fingerprint density at radius 1 is 1.04 bits per heavy atom. The first-order valence-corrected chi connectivity index (χ1v) is 11.6. The van der Waals surface area contributed by atoms with Gasteiger partial charge >= 0.3 is 5.97 Å². The van der Waals surface area contributed by atoms with Gasteiger partial charge in [0.25, 0.3) is 0 Å². The molecule has 0 bridgehead atoms. The summed E-state index contributed by atoms with van der Waals surface area (Å²) in [6, 6.07) is 15.9. The third kappa shape index (κ3) is 7.92. The number of rotatable bonds is 12. The van der Waals surface area contributed by atoms with E-state index in [0.717, 1.165) is 17.7 Å². The molecule has 8 heteroatoms. The minimum Gasteiger partial charge on any atom is -0.482 e. The monoisotopic (exact) mass is 423 g/mol. The third-order valence-corrected chi connectivity index (χ3v) is 6.17. The molecule has 0 amide bonds. The van der Waals surface area contributed by atoms with E-state index in [4.69, 9.17) is 9.47 Å². The Morgan fingerprint density at radius 3 is 2.43 bits per heavy atom. The van der Waals surface area contributed by atoms with Crippen LogP contribution in [0.25, 0.3) is 0 Å². The van der Waals surface area contributed by atoms with E-state index < -0.39 is 10.0 Å². The Bertz CT molecular complexity index is 823. The van der Waals surface area contributed by atoms with Crippen molar-refractivity contribution < 1.29 is 22.7 Å². The molecule has 0 aromatic heterocycles. The second-order valence-corrected chi connectivity index (χ2v) is 8.80. The lowest BCUT2D eigenvalue weighted by molar-refractivity contribution is -0.145. The first kappa shape index (κ1) is 22.3. The lowest BCUT2D eigenvalue weighted by Crippen LogP contribution is -2.26. The van der Waals surface area contributed by atoms with Crippen LogP contribution >= 0.6 is 11.8 Å². The third-order valence-electron chi connectivity index (χ3n) is 3.71. The van der Waals surface area contributed by atoms with Gasteiger partial charge in [0, 0.05) is 12.3 Å². The van der Waals surface area contributed by atoms with E-state index in [-0.39, 0.29) is 17.5 Å². The molecule has 0 aliphatic heterocycles. The molecule has 0 unspecified atom stereocenters. The Hall–Kier alpha value is -2.03. The second kappa shape index (κ2) is 11.7. The molecule has 28 heavy (non-hydrogen) atoms. The van der Waals surface area contributed by atoms with Crippen molar-refractivity contribution in [1.29, 1.82) is 0 Å². The van der Waals surface area contributed by atoms with Crippen LogP contribution in [-0.4, -0.2) is 45.7 Å². The zero-order chi connectivity index (χ0) is 20.2. The lowest BCUT2D eigenvalue weighted by atomic mass is 10.2. The molecule has 2 aromatic carbocycles. The van der Waals surface area contributed by atoms with E-state index >= 15 is 0 Å². The zero-order valence-electron chi connectivity index (χ0n) is 15.8. The molecule has 0 spiro atoms. The van der Waals surface area contributed by atoms with E-state index in [1.54, 1.807) is 49.0 Å². The zero-order valence-corrected chi connectivity index (χ0v) is 17.4. The summed E-state index contributed by atoms with van der Waals surface area (Å²) in [7, 11) is -3.43. The van der Waals surface area contributed by atoms with Gasteiger partial charge in [-0.3, -0.25) is 0 Å². The van der Waals surface area contributed by atoms with Crippen molar-refractivity contribution in [1.82, 2.24) is 4.72 Å². The highest BCUT2D eigenvalue weighted by Crippen LogP contribution is 2.14. The van der Waals surface area contributed by atoms with Gasteiger partial charge in [0.15, 0.2) is 6.61 Å². The van der Waals surface area contributed by atoms with Gasteiger partial charge in [-0.05, 0) is 48.9 Å². The fraction of sp³-hybridized carbons (Fsp3) is 0.350. The molecule has 0 fully saturated rings. The van der Waals surface area contributed by atoms with Crippen molar-refractivity contribution in [2.24, 2.45) is 0 Å². The highest BCUT2D eigenvalue weighted by atomic mass is 32.2. The van der Waals surface area contributed by atoms with Crippen LogP contribution in [0, 0.1) is 0 Å². The van der Waals surface area contributed by atoms with Gasteiger partial charge in [-0.2, -0.15) is 11.8 Å². The van der Waals surface area contributed by atoms with Crippen molar-refractivity contribution in [2.45, 2.75) is 18.2 Å². The average Bonchev–Trinajstić information content (AvgIpc) is 2.71. The van der Waals surface area contributed by atoms with E-state index in [9.17, 15) is 13.2 Å². The number of aryl methyl sites for hydroxylation is 1. The van der Waals surface area contributed by atoms with E-state index in [1.807, 2.05) is 24.3 Å². The number of benzene rings is 2. The smallest absolute Gasteiger partial charge is 0.344 e. The standard InChI is InChI=1S/C20H25NO5S2/c1-2-25-20(22)16-26-18-10-8-17(9-11-18)12-14-27-15-13-21-28(23,24)19-6-4-3-5-7-19/h3-11,21H,2,12-16H2,1H3. The fourth-order valence-electron chi connectivity index (χ4n) is 2.32. The van der Waals surface area contributed by atoms with Crippen LogP contribution in [0.4, 0.5) is 0 Å². The Morgan fingerprint density at radius 2 is 1.75 bits per heavy atom. The molecular weight excluding hydrogens is 398 g/mol. The molecule has 0 atom stereocenters. The van der Waals surface area contributed by atoms with Gasteiger partial charge in [0.2, 0.25) is 10.0 Å². The van der Waals surface area contributed by atoms with E-state index in [0.29, 0.717) is 24.7 Å². The maximum Gasteiger partial charge on any atom is 0.344 e. The van der Waals surface area contributed by atoms with Crippen molar-refractivity contribution in [2.75, 3.05) is 31.3 Å². The molecule has 2 rings (SSSR count). The normalized spacial score (nSPS) is 11.2. The highest BCUT2D eigenvalue weighted by molar-refractivity contribution is 7.99. The first-order chi connectivity index (χ1) is 13.5. The number of esters is 1. The lowest BCUT2D eigenvalue weighted by Gasteiger charge is -2.08. The van der Waals surface area contributed by atoms with Gasteiger partial charge in [-0.25, -0.2) is 17.9 Å². The molecule has 152 valence electrons. The number of nitrogens with one attached hydrogen (secondary N) is 1. The molecular formula is C20H25NO5S2. The number of sulfonamides is 1. The predicted octanol–water partition coefficient (Wildman–Crippen LogP) is 2.88. The van der Waals surface area contributed by atoms with Crippen LogP contribution in [0.1, 0.15) is 12.5 Å². The summed E-state index contributed by atoms with van der Waals surface area (Å²) in [6.07, 6.45) is 0.869. The highest BCUT2D eigenvalue weighted by Gasteiger charge is 2.11. The fourth-order valence-corrected chi connectivity index (χ4v) is 4.33. The van der Waals surface area contributed by atoms with Crippen molar-refractivity contribution in [3.05, 3.63) is 60.2 Å². The number of hydrogen-bond acceptors (Lipinski definition) is 6. The minimum atomic E-state index is -3.43. The molecule has 0 saturated heterocycles. The molecule has 1 N–H and O–H groups in total. The van der Waals surface area contributed by atoms with Gasteiger partial charge in [0.05, 0.1) is 11.5 Å². The SMILES string of the molecule is CCOC(=O)COc1ccc(CCSCCNS(=O)(=O)c2ccccc2)cc1. The summed E-state index contributed by atoms with van der Waals surface area (Å²) in [5, 5.41) is 0. The summed E-state index contributed by atoms with van der Waals surface area (Å²) in [4.78, 5) is 11.5. The van der Waals surface area contributed by atoms with Crippen molar-refractivity contribution >= 4 is 27.8 Å². The summed E-state index contributed by atoms with van der Waals surface area (Å²) in [6.45, 7) is 2.39. The summed E-state index contributed by atoms with van der Waals surface area (Å²) < 4.78 is 37.0. The van der Waals surface area contributed by atoms with E-state index in [1.165, 1.54) is 0 Å². The van der Waals surface area contributed by atoms with Crippen LogP contribution in [0.15, 0.2) is 59.5 Å². The van der Waals surface area contributed by atoms with Crippen LogP contribution in [-0.2, 0) is 26.0 Å². The maximum atomic E-state index is 12.1. The van der Waals surface area contributed by atoms with Gasteiger partial charge in [-0.15, -0.1) is 0 Å². The van der Waals surface area contributed by atoms with Crippen LogP contribution in [0.2, 0.25) is 0 Å². The van der Waals surface area contributed by atoms with E-state index in [2.05, 4.69) is 4.72 Å². The molecule has 0 aliphatic carbocycles. The van der Waals surface area contributed by atoms with Crippen molar-refractivity contribution in [3.8, 4) is 5.75 Å². The van der Waals surface area contributed by atoms with Gasteiger partial charge in [0.1, 0.15) is 5.75 Å². The van der Waals surface area contributed by atoms with Gasteiger partial charge in [-0.1, -0.05) is 30.3 Å². The summed E-state index contributed by atoms with van der Waals surface area (Å²) >= 11 is 1.69. The topological polar surface area (TPSA) is 81.7 Å². The molecule has 2 aromatic rings. The van der Waals surface area contributed by atoms with Crippen molar-refractivity contribution in [3.63, 3.8) is 0 Å². The number of carbonyl (C=O) groups excluding carboxylic acids is 1. The maximum absolute atomic E-state index is 12.1. The molecule has 0 radical (unpaired) electrons. The molecule has 6 nitrogen and oxygen atoms in total. The predicted molar refractivity (Wildman–Crippen MR) is 111 cm³/mol. The molecule has 0 aliphatic rings. The number of thioether (sulfide) groups is 1. The first-order valence-electron chi connectivity index (χ1n) is 9.01. The van der Waals surface area contributed by atoms with Crippen LogP contribution < -0.4 is 9.46 Å². The van der Waals surface area contributed by atoms with Crippen LogP contribution in [0.3, 0.4) is 0 Å². The Balaban J connectivity index is 1.62. The summed E-state index contributed by atoms with van der Waals surface area (Å²) in [5.41, 5.74) is 1.15. The van der Waals surface area contributed by atoms with Crippen LogP contribution in [0.5, 0.6) is 5.75 Å². The minimum absolute atomic E-state index is 0.0953. The molecule has 0 heterocycles. The summed E-state index contributed by atoms with van der Waals surface area (Å²) in [5.74, 6) is 1.83. The Kier molecular flexibility index (Phi) is 9.33. The average molecular weight is 424 g/mol. The molecule has 0 saturated carbocycles. The Labute approximate surface area is 170 Å². The second-order valence-electron chi connectivity index (χ2n) is 5.81.